The first-order valence-corrected chi connectivity index (χ1v) is 4.97. The van der Waals surface area contributed by atoms with Crippen molar-refractivity contribution in [2.45, 2.75) is 19.9 Å². The van der Waals surface area contributed by atoms with Gasteiger partial charge in [-0.05, 0) is 6.92 Å². The van der Waals surface area contributed by atoms with Crippen LogP contribution in [0.15, 0.2) is 0 Å². The summed E-state index contributed by atoms with van der Waals surface area (Å²) in [5, 5.41) is 9.86. The number of hydrogen-bond acceptors (Lipinski definition) is 4. The van der Waals surface area contributed by atoms with Gasteiger partial charge in [-0.1, -0.05) is 0 Å². The summed E-state index contributed by atoms with van der Waals surface area (Å²) >= 11 is 0. The molecular formula is C9H18N4O3. The van der Waals surface area contributed by atoms with Crippen molar-refractivity contribution in [2.75, 3.05) is 20.1 Å². The Morgan fingerprint density at radius 2 is 1.81 bits per heavy atom. The first kappa shape index (κ1) is 14.4. The normalized spacial score (nSPS) is 11.4. The van der Waals surface area contributed by atoms with Crippen LogP contribution >= 0.6 is 0 Å². The second-order valence-electron chi connectivity index (χ2n) is 3.23. The number of urea groups is 1. The summed E-state index contributed by atoms with van der Waals surface area (Å²) in [6.45, 7) is 3.95. The lowest BCUT2D eigenvalue weighted by molar-refractivity contribution is -0.121. The molecule has 4 N–H and O–H groups in total. The number of hydrogen-bond donors (Lipinski definition) is 4. The smallest absolute Gasteiger partial charge is 0.321 e. The highest BCUT2D eigenvalue weighted by Gasteiger charge is 2.13. The van der Waals surface area contributed by atoms with Crippen molar-refractivity contribution in [3.05, 3.63) is 0 Å². The van der Waals surface area contributed by atoms with Gasteiger partial charge in [0.2, 0.25) is 11.8 Å². The number of imide groups is 1. The van der Waals surface area contributed by atoms with E-state index in [4.69, 9.17) is 0 Å². The van der Waals surface area contributed by atoms with Gasteiger partial charge < -0.3 is 16.0 Å². The van der Waals surface area contributed by atoms with Gasteiger partial charge in [0.1, 0.15) is 0 Å². The molecular weight excluding hydrogens is 212 g/mol. The van der Waals surface area contributed by atoms with Gasteiger partial charge in [-0.3, -0.25) is 14.9 Å². The zero-order chi connectivity index (χ0) is 12.6. The fourth-order valence-electron chi connectivity index (χ4n) is 0.903. The molecule has 0 aromatic heterocycles. The van der Waals surface area contributed by atoms with Crippen LogP contribution < -0.4 is 21.3 Å². The van der Waals surface area contributed by atoms with Gasteiger partial charge in [0.05, 0.1) is 6.04 Å². The molecule has 7 nitrogen and oxygen atoms in total. The van der Waals surface area contributed by atoms with Crippen LogP contribution in [0.25, 0.3) is 0 Å². The predicted molar refractivity (Wildman–Crippen MR) is 58.7 cm³/mol. The third-order valence-corrected chi connectivity index (χ3v) is 1.81. The molecule has 16 heavy (non-hydrogen) atoms. The molecule has 0 radical (unpaired) electrons. The maximum atomic E-state index is 11.3. The van der Waals surface area contributed by atoms with E-state index in [0.717, 1.165) is 0 Å². The van der Waals surface area contributed by atoms with Gasteiger partial charge in [0.25, 0.3) is 0 Å². The van der Waals surface area contributed by atoms with Crippen LogP contribution in [-0.2, 0) is 9.59 Å². The summed E-state index contributed by atoms with van der Waals surface area (Å²) < 4.78 is 0. The lowest BCUT2D eigenvalue weighted by atomic mass is 10.3. The van der Waals surface area contributed by atoms with Gasteiger partial charge >= 0.3 is 6.03 Å². The standard InChI is InChI=1S/C9H18N4O3/c1-6(8(15)13-9(16)10-3)11-4-5-12-7(2)14/h6,11H,4-5H2,1-3H3,(H,12,14)(H2,10,13,15,16). The van der Waals surface area contributed by atoms with Crippen LogP contribution in [-0.4, -0.2) is 44.0 Å². The first-order chi connectivity index (χ1) is 7.47. The molecule has 0 bridgehead atoms. The summed E-state index contributed by atoms with van der Waals surface area (Å²) in [5.74, 6) is -0.536. The van der Waals surface area contributed by atoms with E-state index >= 15 is 0 Å². The maximum absolute atomic E-state index is 11.3. The van der Waals surface area contributed by atoms with E-state index in [1.807, 2.05) is 0 Å². The van der Waals surface area contributed by atoms with Crippen molar-refractivity contribution >= 4 is 17.8 Å². The van der Waals surface area contributed by atoms with Crippen LogP contribution in [0.3, 0.4) is 0 Å². The largest absolute Gasteiger partial charge is 0.355 e. The molecule has 0 aliphatic heterocycles. The van der Waals surface area contributed by atoms with E-state index in [1.54, 1.807) is 6.92 Å². The minimum absolute atomic E-state index is 0.121. The molecule has 92 valence electrons. The molecule has 0 heterocycles. The fourth-order valence-corrected chi connectivity index (χ4v) is 0.903. The van der Waals surface area contributed by atoms with Crippen molar-refractivity contribution in [1.29, 1.82) is 0 Å². The summed E-state index contributed by atoms with van der Waals surface area (Å²) in [6.07, 6.45) is 0. The molecule has 4 amide bonds. The molecule has 1 unspecified atom stereocenters. The lowest BCUT2D eigenvalue weighted by Gasteiger charge is -2.13. The van der Waals surface area contributed by atoms with Gasteiger partial charge in [-0.25, -0.2) is 4.79 Å². The fraction of sp³-hybridized carbons (Fsp3) is 0.667. The molecule has 0 fully saturated rings. The highest BCUT2D eigenvalue weighted by Crippen LogP contribution is 1.80. The minimum Gasteiger partial charge on any atom is -0.355 e. The number of carbonyl (C=O) groups excluding carboxylic acids is 3. The Morgan fingerprint density at radius 1 is 1.19 bits per heavy atom. The highest BCUT2D eigenvalue weighted by atomic mass is 16.2. The van der Waals surface area contributed by atoms with E-state index in [-0.39, 0.29) is 5.91 Å². The van der Waals surface area contributed by atoms with Crippen LogP contribution in [0.5, 0.6) is 0 Å². The zero-order valence-electron chi connectivity index (χ0n) is 9.72. The van der Waals surface area contributed by atoms with Gasteiger partial charge in [0, 0.05) is 27.1 Å². The topological polar surface area (TPSA) is 99.3 Å². The van der Waals surface area contributed by atoms with Gasteiger partial charge in [-0.15, -0.1) is 0 Å². The number of carbonyl (C=O) groups is 3. The Labute approximate surface area is 94.3 Å². The van der Waals surface area contributed by atoms with Gasteiger partial charge in [-0.2, -0.15) is 0 Å². The summed E-state index contributed by atoms with van der Waals surface area (Å²) in [4.78, 5) is 32.7. The van der Waals surface area contributed by atoms with Crippen LogP contribution in [0.4, 0.5) is 4.79 Å². The maximum Gasteiger partial charge on any atom is 0.321 e. The molecule has 0 aromatic rings. The van der Waals surface area contributed by atoms with E-state index in [0.29, 0.717) is 13.1 Å². The van der Waals surface area contributed by atoms with E-state index in [9.17, 15) is 14.4 Å². The Hall–Kier alpha value is -1.63. The van der Waals surface area contributed by atoms with Crippen molar-refractivity contribution in [1.82, 2.24) is 21.3 Å². The Morgan fingerprint density at radius 3 is 2.31 bits per heavy atom. The third kappa shape index (κ3) is 6.77. The quantitative estimate of drug-likeness (QED) is 0.434. The average Bonchev–Trinajstić information content (AvgIpc) is 2.23. The molecule has 7 heteroatoms. The van der Waals surface area contributed by atoms with Crippen LogP contribution in [0.2, 0.25) is 0 Å². The zero-order valence-corrected chi connectivity index (χ0v) is 9.72. The summed E-state index contributed by atoms with van der Waals surface area (Å²) in [7, 11) is 1.43. The van der Waals surface area contributed by atoms with Gasteiger partial charge in [0.15, 0.2) is 0 Å². The lowest BCUT2D eigenvalue weighted by Crippen LogP contribution is -2.48. The SMILES string of the molecule is CNC(=O)NC(=O)C(C)NCCNC(C)=O. The molecule has 1 atom stereocenters. The second-order valence-corrected chi connectivity index (χ2v) is 3.23. The molecule has 0 saturated heterocycles. The Balaban J connectivity index is 3.71. The van der Waals surface area contributed by atoms with E-state index in [2.05, 4.69) is 21.3 Å². The monoisotopic (exact) mass is 230 g/mol. The molecule has 0 aromatic carbocycles. The number of rotatable bonds is 5. The average molecular weight is 230 g/mol. The first-order valence-electron chi connectivity index (χ1n) is 4.97. The molecule has 0 saturated carbocycles. The molecule has 0 aliphatic rings. The summed E-state index contributed by atoms with van der Waals surface area (Å²) in [6, 6.07) is -1.04. The number of amides is 4. The predicted octanol–water partition coefficient (Wildman–Crippen LogP) is -1.44. The van der Waals surface area contributed by atoms with Crippen LogP contribution in [0.1, 0.15) is 13.8 Å². The second kappa shape index (κ2) is 7.63. The third-order valence-electron chi connectivity index (χ3n) is 1.81. The van der Waals surface area contributed by atoms with E-state index in [1.165, 1.54) is 14.0 Å². The molecule has 0 rings (SSSR count). The Bertz CT molecular complexity index is 267. The van der Waals surface area contributed by atoms with E-state index < -0.39 is 18.0 Å². The van der Waals surface area contributed by atoms with Crippen molar-refractivity contribution in [2.24, 2.45) is 0 Å². The number of nitrogens with one attached hydrogen (secondary N) is 4. The molecule has 0 aliphatic carbocycles. The molecule has 0 spiro atoms. The minimum atomic E-state index is -0.541. The van der Waals surface area contributed by atoms with Crippen molar-refractivity contribution < 1.29 is 14.4 Å². The van der Waals surface area contributed by atoms with Crippen LogP contribution in [0, 0.1) is 0 Å². The van der Waals surface area contributed by atoms with Crippen molar-refractivity contribution in [3.8, 4) is 0 Å². The Kier molecular flexibility index (Phi) is 6.86. The highest BCUT2D eigenvalue weighted by molar-refractivity contribution is 5.96. The van der Waals surface area contributed by atoms with Crippen molar-refractivity contribution in [3.63, 3.8) is 0 Å². The summed E-state index contributed by atoms with van der Waals surface area (Å²) in [5.41, 5.74) is 0.